The van der Waals surface area contributed by atoms with E-state index in [9.17, 15) is 4.79 Å². The third-order valence-electron chi connectivity index (χ3n) is 3.42. The van der Waals surface area contributed by atoms with Crippen molar-refractivity contribution in [2.24, 2.45) is 0 Å². The second kappa shape index (κ2) is 4.28. The van der Waals surface area contributed by atoms with Gasteiger partial charge in [0.15, 0.2) is 0 Å². The molecule has 1 saturated heterocycles. The molecule has 90 valence electrons. The first-order valence-electron chi connectivity index (χ1n) is 6.12. The van der Waals surface area contributed by atoms with Crippen LogP contribution in [-0.4, -0.2) is 30.6 Å². The van der Waals surface area contributed by atoms with Gasteiger partial charge in [0.25, 0.3) is 0 Å². The predicted octanol–water partition coefficient (Wildman–Crippen LogP) is 1.93. The molecule has 4 heteroatoms. The molecular weight excluding hydrogens is 216 g/mol. The Morgan fingerprint density at radius 2 is 2.24 bits per heavy atom. The van der Waals surface area contributed by atoms with Crippen LogP contribution < -0.4 is 10.1 Å². The van der Waals surface area contributed by atoms with Crippen molar-refractivity contribution in [2.45, 2.75) is 18.9 Å². The molecule has 1 aromatic carbocycles. The lowest BCUT2D eigenvalue weighted by Crippen LogP contribution is -2.48. The Labute approximate surface area is 101 Å². The number of nitrogens with zero attached hydrogens (tertiary/aromatic N) is 1. The van der Waals surface area contributed by atoms with Crippen LogP contribution in [-0.2, 0) is 0 Å². The first kappa shape index (κ1) is 10.4. The van der Waals surface area contributed by atoms with Crippen LogP contribution in [0, 0.1) is 0 Å². The highest BCUT2D eigenvalue weighted by Gasteiger charge is 2.31. The Bertz CT molecular complexity index is 433. The van der Waals surface area contributed by atoms with Crippen molar-refractivity contribution in [3.8, 4) is 5.75 Å². The lowest BCUT2D eigenvalue weighted by molar-refractivity contribution is 0.134. The van der Waals surface area contributed by atoms with Gasteiger partial charge in [0.1, 0.15) is 5.75 Å². The van der Waals surface area contributed by atoms with E-state index in [-0.39, 0.29) is 12.1 Å². The van der Waals surface area contributed by atoms with Gasteiger partial charge in [-0.2, -0.15) is 0 Å². The number of ether oxygens (including phenoxy) is 1. The maximum atomic E-state index is 11.9. The summed E-state index contributed by atoms with van der Waals surface area (Å²) in [5, 5.41) is 2.91. The molecule has 1 atom stereocenters. The molecule has 4 nitrogen and oxygen atoms in total. The summed E-state index contributed by atoms with van der Waals surface area (Å²) in [4.78, 5) is 13.8. The van der Waals surface area contributed by atoms with Crippen LogP contribution in [0.1, 0.15) is 24.4 Å². The molecule has 2 heterocycles. The topological polar surface area (TPSA) is 41.6 Å². The minimum absolute atomic E-state index is 0.0537. The summed E-state index contributed by atoms with van der Waals surface area (Å²) in [7, 11) is 0. The molecule has 1 N–H and O–H groups in total. The number of carbonyl (C=O) groups is 1. The Morgan fingerprint density at radius 1 is 1.35 bits per heavy atom. The van der Waals surface area contributed by atoms with Gasteiger partial charge in [-0.3, -0.25) is 0 Å². The van der Waals surface area contributed by atoms with Gasteiger partial charge in [-0.25, -0.2) is 4.79 Å². The fraction of sp³-hybridized carbons (Fsp3) is 0.462. The third kappa shape index (κ3) is 1.84. The minimum Gasteiger partial charge on any atom is -0.493 e. The molecule has 0 bridgehead atoms. The molecule has 1 fully saturated rings. The number of carbonyl (C=O) groups excluding carboxylic acids is 1. The highest BCUT2D eigenvalue weighted by atomic mass is 16.5. The maximum absolute atomic E-state index is 11.9. The van der Waals surface area contributed by atoms with E-state index in [1.165, 1.54) is 0 Å². The summed E-state index contributed by atoms with van der Waals surface area (Å²) in [6, 6.07) is 8.22. The van der Waals surface area contributed by atoms with E-state index in [0.717, 1.165) is 37.2 Å². The second-order valence-electron chi connectivity index (χ2n) is 4.47. The number of rotatable bonds is 1. The minimum atomic E-state index is 0.0537. The molecule has 2 aliphatic heterocycles. The number of para-hydroxylation sites is 1. The molecule has 0 spiro atoms. The van der Waals surface area contributed by atoms with Gasteiger partial charge in [0, 0.05) is 25.1 Å². The van der Waals surface area contributed by atoms with Crippen LogP contribution in [0.5, 0.6) is 5.75 Å². The number of hydrogen-bond acceptors (Lipinski definition) is 2. The summed E-state index contributed by atoms with van der Waals surface area (Å²) in [5.41, 5.74) is 1.14. The molecule has 3 rings (SSSR count). The van der Waals surface area contributed by atoms with Crippen LogP contribution in [0.3, 0.4) is 0 Å². The van der Waals surface area contributed by atoms with E-state index in [0.29, 0.717) is 6.61 Å². The van der Waals surface area contributed by atoms with Crippen LogP contribution in [0.2, 0.25) is 0 Å². The van der Waals surface area contributed by atoms with E-state index >= 15 is 0 Å². The van der Waals surface area contributed by atoms with Crippen molar-refractivity contribution < 1.29 is 9.53 Å². The maximum Gasteiger partial charge on any atom is 0.317 e. The molecule has 1 aromatic rings. The monoisotopic (exact) mass is 232 g/mol. The number of amides is 2. The first-order chi connectivity index (χ1) is 8.36. The van der Waals surface area contributed by atoms with Gasteiger partial charge in [-0.15, -0.1) is 0 Å². The van der Waals surface area contributed by atoms with Crippen LogP contribution in [0.4, 0.5) is 4.79 Å². The second-order valence-corrected chi connectivity index (χ2v) is 4.47. The van der Waals surface area contributed by atoms with Crippen molar-refractivity contribution in [2.75, 3.05) is 19.7 Å². The van der Waals surface area contributed by atoms with Crippen LogP contribution in [0.15, 0.2) is 24.3 Å². The lowest BCUT2D eigenvalue weighted by atomic mass is 9.98. The molecule has 0 radical (unpaired) electrons. The highest BCUT2D eigenvalue weighted by Crippen LogP contribution is 2.36. The van der Waals surface area contributed by atoms with E-state index in [4.69, 9.17) is 4.74 Å². The van der Waals surface area contributed by atoms with E-state index in [1.807, 2.05) is 23.1 Å². The molecule has 0 saturated carbocycles. The number of hydrogen-bond donors (Lipinski definition) is 1. The predicted molar refractivity (Wildman–Crippen MR) is 64.0 cm³/mol. The zero-order valence-electron chi connectivity index (χ0n) is 9.69. The van der Waals surface area contributed by atoms with Gasteiger partial charge in [0.2, 0.25) is 0 Å². The first-order valence-corrected chi connectivity index (χ1v) is 6.12. The highest BCUT2D eigenvalue weighted by molar-refractivity contribution is 5.75. The molecule has 0 aromatic heterocycles. The molecular formula is C13H16N2O2. The Hall–Kier alpha value is -1.71. The number of benzene rings is 1. The Balaban J connectivity index is 1.91. The summed E-state index contributed by atoms with van der Waals surface area (Å²) in [5.74, 6) is 0.919. The summed E-state index contributed by atoms with van der Waals surface area (Å²) >= 11 is 0. The largest absolute Gasteiger partial charge is 0.493 e. The van der Waals surface area contributed by atoms with Gasteiger partial charge in [0.05, 0.1) is 12.6 Å². The van der Waals surface area contributed by atoms with Crippen molar-refractivity contribution in [3.05, 3.63) is 29.8 Å². The molecule has 0 aliphatic carbocycles. The summed E-state index contributed by atoms with van der Waals surface area (Å²) in [6.45, 7) is 2.32. The quantitative estimate of drug-likeness (QED) is 0.803. The van der Waals surface area contributed by atoms with E-state index < -0.39 is 0 Å². The van der Waals surface area contributed by atoms with Crippen LogP contribution in [0.25, 0.3) is 0 Å². The van der Waals surface area contributed by atoms with Crippen molar-refractivity contribution in [1.82, 2.24) is 10.2 Å². The summed E-state index contributed by atoms with van der Waals surface area (Å²) < 4.78 is 5.62. The lowest BCUT2D eigenvalue weighted by Gasteiger charge is -2.37. The van der Waals surface area contributed by atoms with Gasteiger partial charge < -0.3 is 15.0 Å². The third-order valence-corrected chi connectivity index (χ3v) is 3.42. The summed E-state index contributed by atoms with van der Waals surface area (Å²) in [6.07, 6.45) is 1.90. The number of urea groups is 1. The van der Waals surface area contributed by atoms with Gasteiger partial charge in [-0.05, 0) is 12.5 Å². The van der Waals surface area contributed by atoms with Crippen molar-refractivity contribution in [1.29, 1.82) is 0 Å². The zero-order chi connectivity index (χ0) is 11.7. The molecule has 17 heavy (non-hydrogen) atoms. The molecule has 2 amide bonds. The normalized spacial score (nSPS) is 23.6. The van der Waals surface area contributed by atoms with Gasteiger partial charge in [-0.1, -0.05) is 18.2 Å². The fourth-order valence-corrected chi connectivity index (χ4v) is 2.59. The Morgan fingerprint density at radius 3 is 3.12 bits per heavy atom. The van der Waals surface area contributed by atoms with Crippen molar-refractivity contribution in [3.63, 3.8) is 0 Å². The SMILES string of the molecule is O=C1NCCCN1C1CCOc2ccccc21. The zero-order valence-corrected chi connectivity index (χ0v) is 9.69. The van der Waals surface area contributed by atoms with Crippen LogP contribution >= 0.6 is 0 Å². The van der Waals surface area contributed by atoms with E-state index in [2.05, 4.69) is 11.4 Å². The van der Waals surface area contributed by atoms with Crippen molar-refractivity contribution >= 4 is 6.03 Å². The average molecular weight is 232 g/mol. The number of nitrogens with one attached hydrogen (secondary N) is 1. The number of fused-ring (bicyclic) bond motifs is 1. The smallest absolute Gasteiger partial charge is 0.317 e. The standard InChI is InChI=1S/C13H16N2O2/c16-13-14-7-3-8-15(13)11-6-9-17-12-5-2-1-4-10(11)12/h1-2,4-5,11H,3,6-9H2,(H,14,16). The average Bonchev–Trinajstić information content (AvgIpc) is 2.39. The fourth-order valence-electron chi connectivity index (χ4n) is 2.59. The molecule has 2 aliphatic rings. The van der Waals surface area contributed by atoms with Gasteiger partial charge >= 0.3 is 6.03 Å². The van der Waals surface area contributed by atoms with E-state index in [1.54, 1.807) is 0 Å². The molecule has 1 unspecified atom stereocenters. The Kier molecular flexibility index (Phi) is 2.63.